The summed E-state index contributed by atoms with van der Waals surface area (Å²) in [5, 5.41) is 12.8. The summed E-state index contributed by atoms with van der Waals surface area (Å²) < 4.78 is 1.64. The second kappa shape index (κ2) is 3.42. The largest absolute Gasteiger partial charge is 0.399 e. The number of aryl methyl sites for hydroxylation is 1. The molecule has 0 bridgehead atoms. The number of fused-ring (bicyclic) bond motifs is 1. The number of nitrogens with zero attached hydrogens (tertiary/aromatic N) is 4. The van der Waals surface area contributed by atoms with Gasteiger partial charge in [-0.05, 0) is 30.7 Å². The molecule has 0 aliphatic carbocycles. The number of anilines is 2. The van der Waals surface area contributed by atoms with Crippen molar-refractivity contribution in [3.63, 3.8) is 0 Å². The van der Waals surface area contributed by atoms with Crippen molar-refractivity contribution in [2.45, 2.75) is 6.92 Å². The number of nitrogens with two attached hydrogens (primary N) is 2. The molecular formula is C10H10N6S. The van der Waals surface area contributed by atoms with Crippen LogP contribution in [0.1, 0.15) is 5.56 Å². The fourth-order valence-corrected chi connectivity index (χ4v) is 2.23. The number of hydrogen-bond donors (Lipinski definition) is 2. The van der Waals surface area contributed by atoms with Crippen molar-refractivity contribution in [3.8, 4) is 11.4 Å². The van der Waals surface area contributed by atoms with Crippen molar-refractivity contribution in [1.82, 2.24) is 19.8 Å². The van der Waals surface area contributed by atoms with Crippen LogP contribution in [0.2, 0.25) is 0 Å². The van der Waals surface area contributed by atoms with Gasteiger partial charge in [-0.15, -0.1) is 15.3 Å². The topological polar surface area (TPSA) is 95.1 Å². The minimum atomic E-state index is 0.475. The highest BCUT2D eigenvalue weighted by atomic mass is 32.1. The number of rotatable bonds is 1. The molecule has 0 spiro atoms. The molecule has 0 aliphatic heterocycles. The van der Waals surface area contributed by atoms with Gasteiger partial charge in [0, 0.05) is 11.3 Å². The van der Waals surface area contributed by atoms with E-state index >= 15 is 0 Å². The zero-order valence-corrected chi connectivity index (χ0v) is 9.90. The van der Waals surface area contributed by atoms with E-state index in [1.165, 1.54) is 11.3 Å². The van der Waals surface area contributed by atoms with E-state index in [-0.39, 0.29) is 0 Å². The first-order chi connectivity index (χ1) is 8.15. The third-order valence-electron chi connectivity index (χ3n) is 2.53. The maximum Gasteiger partial charge on any atom is 0.236 e. The molecule has 0 radical (unpaired) electrons. The minimum absolute atomic E-state index is 0.475. The van der Waals surface area contributed by atoms with Crippen LogP contribution in [0.15, 0.2) is 18.2 Å². The van der Waals surface area contributed by atoms with E-state index in [1.54, 1.807) is 4.52 Å². The SMILES string of the molecule is Cc1cc(-c2nnc3sc(N)nn23)ccc1N. The fourth-order valence-electron chi connectivity index (χ4n) is 1.63. The van der Waals surface area contributed by atoms with Crippen molar-refractivity contribution in [1.29, 1.82) is 0 Å². The van der Waals surface area contributed by atoms with Crippen molar-refractivity contribution in [2.24, 2.45) is 0 Å². The van der Waals surface area contributed by atoms with Crippen molar-refractivity contribution < 1.29 is 0 Å². The van der Waals surface area contributed by atoms with Gasteiger partial charge in [0.05, 0.1) is 0 Å². The Morgan fingerprint density at radius 1 is 1.24 bits per heavy atom. The van der Waals surface area contributed by atoms with Crippen molar-refractivity contribution in [2.75, 3.05) is 11.5 Å². The van der Waals surface area contributed by atoms with Gasteiger partial charge in [0.1, 0.15) is 0 Å². The Labute approximate surface area is 101 Å². The van der Waals surface area contributed by atoms with Crippen molar-refractivity contribution in [3.05, 3.63) is 23.8 Å². The van der Waals surface area contributed by atoms with E-state index in [2.05, 4.69) is 15.3 Å². The molecule has 0 atom stereocenters. The molecule has 0 unspecified atom stereocenters. The Balaban J connectivity index is 2.22. The summed E-state index contributed by atoms with van der Waals surface area (Å²) in [6.07, 6.45) is 0. The van der Waals surface area contributed by atoms with Crippen molar-refractivity contribution >= 4 is 27.1 Å². The van der Waals surface area contributed by atoms with Gasteiger partial charge in [-0.1, -0.05) is 11.3 Å². The average Bonchev–Trinajstić information content (AvgIpc) is 2.81. The summed E-state index contributed by atoms with van der Waals surface area (Å²) in [4.78, 5) is 0.687. The number of hydrogen-bond acceptors (Lipinski definition) is 6. The number of nitrogen functional groups attached to an aromatic ring is 2. The van der Waals surface area contributed by atoms with Gasteiger partial charge < -0.3 is 11.5 Å². The van der Waals surface area contributed by atoms with Gasteiger partial charge in [-0.3, -0.25) is 0 Å². The lowest BCUT2D eigenvalue weighted by molar-refractivity contribution is 0.972. The standard InChI is InChI=1S/C10H10N6S/c1-5-4-6(2-3-7(5)11)8-13-14-10-16(8)15-9(12)17-10/h2-4H,11H2,1H3,(H2,12,15). The van der Waals surface area contributed by atoms with Crippen LogP contribution >= 0.6 is 11.3 Å². The summed E-state index contributed by atoms with van der Waals surface area (Å²) in [7, 11) is 0. The van der Waals surface area contributed by atoms with E-state index < -0.39 is 0 Å². The molecule has 0 saturated heterocycles. The Morgan fingerprint density at radius 2 is 2.06 bits per heavy atom. The van der Waals surface area contributed by atoms with Gasteiger partial charge >= 0.3 is 0 Å². The van der Waals surface area contributed by atoms with Crippen LogP contribution in [0.25, 0.3) is 16.3 Å². The first kappa shape index (κ1) is 10.0. The molecule has 7 heteroatoms. The van der Waals surface area contributed by atoms with E-state index in [9.17, 15) is 0 Å². The summed E-state index contributed by atoms with van der Waals surface area (Å²) >= 11 is 1.31. The molecule has 0 fully saturated rings. The number of aromatic nitrogens is 4. The van der Waals surface area contributed by atoms with E-state index in [0.29, 0.717) is 15.9 Å². The second-order valence-corrected chi connectivity index (χ2v) is 4.72. The highest BCUT2D eigenvalue weighted by molar-refractivity contribution is 7.20. The van der Waals surface area contributed by atoms with E-state index in [0.717, 1.165) is 16.8 Å². The van der Waals surface area contributed by atoms with Gasteiger partial charge in [0.25, 0.3) is 0 Å². The van der Waals surface area contributed by atoms with Gasteiger partial charge in [0.15, 0.2) is 5.82 Å². The van der Waals surface area contributed by atoms with Crippen LogP contribution < -0.4 is 11.5 Å². The molecule has 3 aromatic rings. The maximum absolute atomic E-state index is 5.78. The smallest absolute Gasteiger partial charge is 0.236 e. The Morgan fingerprint density at radius 3 is 2.82 bits per heavy atom. The van der Waals surface area contributed by atoms with Crippen LogP contribution in [0, 0.1) is 6.92 Å². The summed E-state index contributed by atoms with van der Waals surface area (Å²) in [6.45, 7) is 1.95. The molecule has 2 aromatic heterocycles. The summed E-state index contributed by atoms with van der Waals surface area (Å²) in [6, 6.07) is 5.71. The fraction of sp³-hybridized carbons (Fsp3) is 0.100. The van der Waals surface area contributed by atoms with Crippen LogP contribution in [-0.2, 0) is 0 Å². The monoisotopic (exact) mass is 246 g/mol. The molecular weight excluding hydrogens is 236 g/mol. The Hall–Kier alpha value is -2.15. The quantitative estimate of drug-likeness (QED) is 0.631. The molecule has 3 rings (SSSR count). The highest BCUT2D eigenvalue weighted by Crippen LogP contribution is 2.24. The molecule has 0 saturated carbocycles. The third-order valence-corrected chi connectivity index (χ3v) is 3.26. The minimum Gasteiger partial charge on any atom is -0.399 e. The first-order valence-electron chi connectivity index (χ1n) is 4.99. The molecule has 6 nitrogen and oxygen atoms in total. The van der Waals surface area contributed by atoms with E-state index in [1.807, 2.05) is 25.1 Å². The van der Waals surface area contributed by atoms with E-state index in [4.69, 9.17) is 11.5 Å². The van der Waals surface area contributed by atoms with Crippen LogP contribution in [0.4, 0.5) is 10.8 Å². The lowest BCUT2D eigenvalue weighted by atomic mass is 10.1. The second-order valence-electron chi connectivity index (χ2n) is 3.73. The zero-order valence-electron chi connectivity index (χ0n) is 9.08. The lowest BCUT2D eigenvalue weighted by Gasteiger charge is -2.02. The predicted molar refractivity (Wildman–Crippen MR) is 67.7 cm³/mol. The molecule has 17 heavy (non-hydrogen) atoms. The van der Waals surface area contributed by atoms with Gasteiger partial charge in [-0.25, -0.2) is 0 Å². The Kier molecular flexibility index (Phi) is 2.02. The first-order valence-corrected chi connectivity index (χ1v) is 5.81. The molecule has 2 heterocycles. The summed E-state index contributed by atoms with van der Waals surface area (Å²) in [5.41, 5.74) is 14.1. The zero-order chi connectivity index (χ0) is 12.0. The van der Waals surface area contributed by atoms with Crippen LogP contribution in [0.5, 0.6) is 0 Å². The van der Waals surface area contributed by atoms with Crippen LogP contribution in [-0.4, -0.2) is 19.8 Å². The Bertz CT molecular complexity index is 698. The predicted octanol–water partition coefficient (Wildman–Crippen LogP) is 1.33. The maximum atomic E-state index is 5.78. The molecule has 1 aromatic carbocycles. The molecule has 0 aliphatic rings. The third kappa shape index (κ3) is 1.51. The average molecular weight is 246 g/mol. The van der Waals surface area contributed by atoms with Gasteiger partial charge in [0.2, 0.25) is 10.1 Å². The molecule has 4 N–H and O–H groups in total. The van der Waals surface area contributed by atoms with Crippen LogP contribution in [0.3, 0.4) is 0 Å². The number of benzene rings is 1. The summed E-state index contributed by atoms with van der Waals surface area (Å²) in [5.74, 6) is 0.677. The normalized spacial score (nSPS) is 11.1. The molecule has 86 valence electrons. The highest BCUT2D eigenvalue weighted by Gasteiger charge is 2.12. The lowest BCUT2D eigenvalue weighted by Crippen LogP contribution is -1.94. The molecule has 0 amide bonds. The van der Waals surface area contributed by atoms with Gasteiger partial charge in [-0.2, -0.15) is 4.52 Å².